The summed E-state index contributed by atoms with van der Waals surface area (Å²) in [6.07, 6.45) is -4.72. The highest BCUT2D eigenvalue weighted by molar-refractivity contribution is 5.78. The van der Waals surface area contributed by atoms with Crippen molar-refractivity contribution in [3.63, 3.8) is 0 Å². The number of alkyl halides is 3. The highest BCUT2D eigenvalue weighted by Crippen LogP contribution is 2.39. The van der Waals surface area contributed by atoms with Crippen molar-refractivity contribution in [3.05, 3.63) is 65.7 Å². The molecule has 2 aromatic rings. The number of piperazine rings is 1. The van der Waals surface area contributed by atoms with Gasteiger partial charge in [-0.25, -0.2) is 4.79 Å². The molecule has 0 bridgehead atoms. The molecule has 2 aliphatic rings. The van der Waals surface area contributed by atoms with Crippen LogP contribution in [0.5, 0.6) is 0 Å². The summed E-state index contributed by atoms with van der Waals surface area (Å²) in [5.41, 5.74) is 5.16. The van der Waals surface area contributed by atoms with Crippen molar-refractivity contribution in [2.24, 2.45) is 5.73 Å². The molecule has 0 radical (unpaired) electrons. The van der Waals surface area contributed by atoms with Gasteiger partial charge >= 0.3 is 12.3 Å². The van der Waals surface area contributed by atoms with Crippen LogP contribution < -0.4 is 10.6 Å². The molecule has 2 fully saturated rings. The first kappa shape index (κ1) is 25.8. The summed E-state index contributed by atoms with van der Waals surface area (Å²) < 4.78 is 45.0. The Bertz CT molecular complexity index is 1050. The number of para-hydroxylation sites is 1. The van der Waals surface area contributed by atoms with Crippen LogP contribution in [0.4, 0.5) is 23.7 Å². The molecule has 0 atom stereocenters. The predicted molar refractivity (Wildman–Crippen MR) is 130 cm³/mol. The van der Waals surface area contributed by atoms with E-state index in [4.69, 9.17) is 10.5 Å². The van der Waals surface area contributed by atoms with Crippen LogP contribution in [0.2, 0.25) is 0 Å². The van der Waals surface area contributed by atoms with Crippen molar-refractivity contribution in [1.29, 1.82) is 0 Å². The second kappa shape index (κ2) is 10.8. The van der Waals surface area contributed by atoms with Crippen LogP contribution in [0.15, 0.2) is 54.6 Å². The Balaban J connectivity index is 1.37. The highest BCUT2D eigenvalue weighted by atomic mass is 19.4. The minimum absolute atomic E-state index is 0.00313. The number of rotatable bonds is 6. The van der Waals surface area contributed by atoms with Crippen LogP contribution >= 0.6 is 0 Å². The van der Waals surface area contributed by atoms with Crippen molar-refractivity contribution in [1.82, 2.24) is 9.80 Å². The normalized spacial score (nSPS) is 18.6. The lowest BCUT2D eigenvalue weighted by Gasteiger charge is -2.43. The van der Waals surface area contributed by atoms with Crippen molar-refractivity contribution >= 4 is 17.7 Å². The van der Waals surface area contributed by atoms with Gasteiger partial charge in [0, 0.05) is 50.4 Å². The lowest BCUT2D eigenvalue weighted by Crippen LogP contribution is -2.53. The SMILES string of the molecule is NC(=O)OCC1(c2cccc(C(F)(F)F)c2)CCN(C(=O)CN2CCN(c3ccccc3)CC2)CC1. The largest absolute Gasteiger partial charge is 0.449 e. The Morgan fingerprint density at radius 1 is 0.917 bits per heavy atom. The molecule has 2 aliphatic heterocycles. The molecule has 0 aromatic heterocycles. The van der Waals surface area contributed by atoms with Gasteiger partial charge in [0.05, 0.1) is 12.1 Å². The number of likely N-dealkylation sites (tertiary alicyclic amines) is 1. The van der Waals surface area contributed by atoms with E-state index in [1.165, 1.54) is 11.8 Å². The number of primary amides is 1. The molecular weight excluding hydrogens is 473 g/mol. The number of carbonyl (C=O) groups is 2. The van der Waals surface area contributed by atoms with E-state index in [2.05, 4.69) is 21.9 Å². The van der Waals surface area contributed by atoms with Crippen LogP contribution in [0.3, 0.4) is 0 Å². The fraction of sp³-hybridized carbons (Fsp3) is 0.462. The molecule has 194 valence electrons. The van der Waals surface area contributed by atoms with Crippen LogP contribution in [-0.4, -0.2) is 74.2 Å². The van der Waals surface area contributed by atoms with E-state index in [1.54, 1.807) is 11.0 Å². The summed E-state index contributed by atoms with van der Waals surface area (Å²) in [5, 5.41) is 0. The van der Waals surface area contributed by atoms with Gasteiger partial charge in [-0.2, -0.15) is 13.2 Å². The van der Waals surface area contributed by atoms with Crippen LogP contribution in [-0.2, 0) is 21.1 Å². The molecule has 2 heterocycles. The van der Waals surface area contributed by atoms with E-state index in [0.29, 0.717) is 38.0 Å². The van der Waals surface area contributed by atoms with Gasteiger partial charge in [0.1, 0.15) is 6.61 Å². The number of nitrogens with two attached hydrogens (primary N) is 1. The smallest absolute Gasteiger partial charge is 0.416 e. The van der Waals surface area contributed by atoms with E-state index < -0.39 is 23.2 Å². The zero-order valence-corrected chi connectivity index (χ0v) is 20.0. The third-order valence-corrected chi connectivity index (χ3v) is 7.22. The Labute approximate surface area is 208 Å². The molecule has 36 heavy (non-hydrogen) atoms. The predicted octanol–water partition coefficient (Wildman–Crippen LogP) is 3.48. The van der Waals surface area contributed by atoms with Gasteiger partial charge in [-0.1, -0.05) is 36.4 Å². The molecule has 2 amide bonds. The maximum atomic E-state index is 13.3. The number of hydrogen-bond acceptors (Lipinski definition) is 5. The monoisotopic (exact) mass is 504 g/mol. The first-order valence-electron chi connectivity index (χ1n) is 12.1. The standard InChI is InChI=1S/C26H31F3N4O3/c27-26(28,29)21-6-4-5-20(17-21)25(19-36-24(30)35)9-11-33(12-10-25)23(34)18-31-13-15-32(16-14-31)22-7-2-1-3-8-22/h1-8,17H,9-16,18-19H2,(H2,30,35). The first-order valence-corrected chi connectivity index (χ1v) is 12.1. The number of hydrogen-bond donors (Lipinski definition) is 1. The number of halogens is 3. The Morgan fingerprint density at radius 3 is 2.19 bits per heavy atom. The average molecular weight is 505 g/mol. The first-order chi connectivity index (χ1) is 17.2. The minimum Gasteiger partial charge on any atom is -0.449 e. The van der Waals surface area contributed by atoms with E-state index in [9.17, 15) is 22.8 Å². The highest BCUT2D eigenvalue weighted by Gasteiger charge is 2.40. The third kappa shape index (κ3) is 6.10. The van der Waals surface area contributed by atoms with E-state index in [-0.39, 0.29) is 12.5 Å². The molecule has 2 aromatic carbocycles. The second-order valence-electron chi connectivity index (χ2n) is 9.45. The number of carbonyl (C=O) groups excluding carboxylic acids is 2. The Kier molecular flexibility index (Phi) is 7.73. The number of benzene rings is 2. The van der Waals surface area contributed by atoms with Gasteiger partial charge < -0.3 is 20.3 Å². The Hall–Kier alpha value is -3.27. The number of nitrogens with zero attached hydrogens (tertiary/aromatic N) is 3. The average Bonchev–Trinajstić information content (AvgIpc) is 2.88. The van der Waals surface area contributed by atoms with Crippen LogP contribution in [0.25, 0.3) is 0 Å². The molecule has 0 saturated carbocycles. The van der Waals surface area contributed by atoms with Crippen molar-refractivity contribution in [2.75, 3.05) is 57.3 Å². The lowest BCUT2D eigenvalue weighted by molar-refractivity contribution is -0.137. The summed E-state index contributed by atoms with van der Waals surface area (Å²) in [6, 6.07) is 15.3. The van der Waals surface area contributed by atoms with E-state index >= 15 is 0 Å². The minimum atomic E-state index is -4.48. The maximum Gasteiger partial charge on any atom is 0.416 e. The summed E-state index contributed by atoms with van der Waals surface area (Å²) >= 11 is 0. The fourth-order valence-electron chi connectivity index (χ4n) is 5.03. The zero-order chi connectivity index (χ0) is 25.8. The van der Waals surface area contributed by atoms with Gasteiger partial charge in [0.25, 0.3) is 0 Å². The molecule has 0 spiro atoms. The quantitative estimate of drug-likeness (QED) is 0.652. The van der Waals surface area contributed by atoms with Crippen molar-refractivity contribution < 1.29 is 27.5 Å². The van der Waals surface area contributed by atoms with E-state index in [0.717, 1.165) is 38.3 Å². The number of piperidine rings is 1. The zero-order valence-electron chi connectivity index (χ0n) is 20.0. The number of ether oxygens (including phenoxy) is 1. The maximum absolute atomic E-state index is 13.3. The molecule has 0 unspecified atom stereocenters. The third-order valence-electron chi connectivity index (χ3n) is 7.22. The summed E-state index contributed by atoms with van der Waals surface area (Å²) in [6.45, 7) is 4.11. The molecule has 7 nitrogen and oxygen atoms in total. The number of anilines is 1. The van der Waals surface area contributed by atoms with Crippen LogP contribution in [0.1, 0.15) is 24.0 Å². The molecule has 2 saturated heterocycles. The topological polar surface area (TPSA) is 79.1 Å². The second-order valence-corrected chi connectivity index (χ2v) is 9.45. The molecule has 4 rings (SSSR count). The van der Waals surface area contributed by atoms with Crippen molar-refractivity contribution in [3.8, 4) is 0 Å². The summed E-state index contributed by atoms with van der Waals surface area (Å²) in [7, 11) is 0. The summed E-state index contributed by atoms with van der Waals surface area (Å²) in [4.78, 5) is 30.5. The molecular formula is C26H31F3N4O3. The van der Waals surface area contributed by atoms with Gasteiger partial charge in [-0.15, -0.1) is 0 Å². The number of amides is 2. The van der Waals surface area contributed by atoms with Crippen molar-refractivity contribution in [2.45, 2.75) is 24.4 Å². The lowest BCUT2D eigenvalue weighted by atomic mass is 9.73. The van der Waals surface area contributed by atoms with Crippen LogP contribution in [0, 0.1) is 0 Å². The molecule has 0 aliphatic carbocycles. The molecule has 2 N–H and O–H groups in total. The Morgan fingerprint density at radius 2 is 1.58 bits per heavy atom. The van der Waals surface area contributed by atoms with Gasteiger partial charge in [0.15, 0.2) is 0 Å². The van der Waals surface area contributed by atoms with Gasteiger partial charge in [0.2, 0.25) is 5.91 Å². The van der Waals surface area contributed by atoms with Gasteiger partial charge in [-0.05, 0) is 36.6 Å². The summed E-state index contributed by atoms with van der Waals surface area (Å²) in [5.74, 6) is -0.00313. The molecule has 10 heteroatoms. The fourth-order valence-corrected chi connectivity index (χ4v) is 5.03. The van der Waals surface area contributed by atoms with Gasteiger partial charge in [-0.3, -0.25) is 9.69 Å². The van der Waals surface area contributed by atoms with E-state index in [1.807, 2.05) is 18.2 Å².